The molecule has 1 aromatic rings. The zero-order valence-corrected chi connectivity index (χ0v) is 11.9. The monoisotopic (exact) mass is 315 g/mol. The minimum atomic E-state index is -4.44. The summed E-state index contributed by atoms with van der Waals surface area (Å²) in [6.07, 6.45) is -4.12. The van der Waals surface area contributed by atoms with Gasteiger partial charge in [-0.05, 0) is 31.4 Å². The molecule has 2 N–H and O–H groups in total. The van der Waals surface area contributed by atoms with Crippen molar-refractivity contribution in [3.63, 3.8) is 0 Å². The molecule has 0 heterocycles. The quantitative estimate of drug-likeness (QED) is 0.877. The van der Waals surface area contributed by atoms with Crippen LogP contribution in [-0.2, 0) is 22.2 Å². The van der Waals surface area contributed by atoms with Crippen LogP contribution in [-0.4, -0.2) is 23.0 Å². The van der Waals surface area contributed by atoms with Crippen molar-refractivity contribution in [1.82, 2.24) is 5.32 Å². The highest BCUT2D eigenvalue weighted by atomic mass is 19.4. The SMILES string of the molecule is CC(Cc1ccccc1C(F)(F)F)NC(=O)C1CC1C(=O)O. The summed E-state index contributed by atoms with van der Waals surface area (Å²) in [7, 11) is 0. The molecule has 1 aliphatic rings. The van der Waals surface area contributed by atoms with Crippen LogP contribution in [0.4, 0.5) is 13.2 Å². The summed E-state index contributed by atoms with van der Waals surface area (Å²) in [4.78, 5) is 22.5. The van der Waals surface area contributed by atoms with Crippen molar-refractivity contribution in [2.75, 3.05) is 0 Å². The molecule has 3 unspecified atom stereocenters. The van der Waals surface area contributed by atoms with Gasteiger partial charge in [0.25, 0.3) is 0 Å². The molecule has 0 radical (unpaired) electrons. The average Bonchev–Trinajstić information content (AvgIpc) is 3.18. The first-order valence-corrected chi connectivity index (χ1v) is 6.88. The Kier molecular flexibility index (Phi) is 4.44. The van der Waals surface area contributed by atoms with E-state index in [1.807, 2.05) is 0 Å². The number of alkyl halides is 3. The van der Waals surface area contributed by atoms with E-state index in [2.05, 4.69) is 5.32 Å². The van der Waals surface area contributed by atoms with Crippen LogP contribution >= 0.6 is 0 Å². The molecule has 0 bridgehead atoms. The molecule has 4 nitrogen and oxygen atoms in total. The summed E-state index contributed by atoms with van der Waals surface area (Å²) in [6.45, 7) is 1.60. The van der Waals surface area contributed by atoms with Crippen LogP contribution in [0.1, 0.15) is 24.5 Å². The Morgan fingerprint density at radius 2 is 1.95 bits per heavy atom. The first-order chi connectivity index (χ1) is 10.2. The highest BCUT2D eigenvalue weighted by Crippen LogP contribution is 2.39. The van der Waals surface area contributed by atoms with E-state index in [4.69, 9.17) is 5.11 Å². The normalized spacial score (nSPS) is 22.0. The maximum atomic E-state index is 12.9. The maximum absolute atomic E-state index is 12.9. The number of carbonyl (C=O) groups excluding carboxylic acids is 1. The lowest BCUT2D eigenvalue weighted by molar-refractivity contribution is -0.140. The van der Waals surface area contributed by atoms with E-state index in [9.17, 15) is 22.8 Å². The Labute approximate surface area is 125 Å². The zero-order valence-electron chi connectivity index (χ0n) is 11.9. The summed E-state index contributed by atoms with van der Waals surface area (Å²) in [6, 6.07) is 4.71. The van der Waals surface area contributed by atoms with Crippen LogP contribution in [0.25, 0.3) is 0 Å². The van der Waals surface area contributed by atoms with Crippen molar-refractivity contribution in [3.8, 4) is 0 Å². The highest BCUT2D eigenvalue weighted by Gasteiger charge is 2.48. The largest absolute Gasteiger partial charge is 0.481 e. The number of nitrogens with one attached hydrogen (secondary N) is 1. The lowest BCUT2D eigenvalue weighted by Gasteiger charge is -2.17. The Hall–Kier alpha value is -2.05. The number of carboxylic acid groups (broad SMARTS) is 1. The standard InChI is InChI=1S/C15H16F3NO3/c1-8(19-13(20)10-7-11(10)14(21)22)6-9-4-2-3-5-12(9)15(16,17)18/h2-5,8,10-11H,6-7H2,1H3,(H,19,20)(H,21,22). The fourth-order valence-corrected chi connectivity index (χ4v) is 2.46. The van der Waals surface area contributed by atoms with Crippen LogP contribution in [0.15, 0.2) is 24.3 Å². The molecule has 3 atom stereocenters. The first-order valence-electron chi connectivity index (χ1n) is 6.88. The van der Waals surface area contributed by atoms with Crippen molar-refractivity contribution < 1.29 is 27.9 Å². The fourth-order valence-electron chi connectivity index (χ4n) is 2.46. The number of amides is 1. The third-order valence-corrected chi connectivity index (χ3v) is 3.68. The predicted octanol–water partition coefficient (Wildman–Crippen LogP) is 2.47. The first kappa shape index (κ1) is 16.3. The lowest BCUT2D eigenvalue weighted by atomic mass is 10.0. The van der Waals surface area contributed by atoms with E-state index in [1.165, 1.54) is 18.2 Å². The van der Waals surface area contributed by atoms with Crippen molar-refractivity contribution in [2.45, 2.75) is 32.0 Å². The molecule has 22 heavy (non-hydrogen) atoms. The minimum absolute atomic E-state index is 0.0336. The molecule has 1 aromatic carbocycles. The molecule has 7 heteroatoms. The van der Waals surface area contributed by atoms with Crippen LogP contribution < -0.4 is 5.32 Å². The summed E-state index contributed by atoms with van der Waals surface area (Å²) >= 11 is 0. The van der Waals surface area contributed by atoms with Crippen LogP contribution in [0, 0.1) is 11.8 Å². The van der Waals surface area contributed by atoms with Gasteiger partial charge in [-0.1, -0.05) is 18.2 Å². The number of rotatable bonds is 5. The number of hydrogen-bond donors (Lipinski definition) is 2. The molecule has 1 aliphatic carbocycles. The van der Waals surface area contributed by atoms with Crippen molar-refractivity contribution in [1.29, 1.82) is 0 Å². The van der Waals surface area contributed by atoms with E-state index in [1.54, 1.807) is 6.92 Å². The molecular weight excluding hydrogens is 299 g/mol. The highest BCUT2D eigenvalue weighted by molar-refractivity contribution is 5.89. The van der Waals surface area contributed by atoms with Gasteiger partial charge in [0.1, 0.15) is 0 Å². The molecule has 0 aromatic heterocycles. The molecule has 0 spiro atoms. The van der Waals surface area contributed by atoms with Gasteiger partial charge in [0.2, 0.25) is 5.91 Å². The molecule has 1 amide bonds. The van der Waals surface area contributed by atoms with Gasteiger partial charge in [0.05, 0.1) is 17.4 Å². The molecule has 120 valence electrons. The van der Waals surface area contributed by atoms with Crippen molar-refractivity contribution in [3.05, 3.63) is 35.4 Å². The third-order valence-electron chi connectivity index (χ3n) is 3.68. The van der Waals surface area contributed by atoms with E-state index in [-0.39, 0.29) is 18.4 Å². The van der Waals surface area contributed by atoms with Gasteiger partial charge in [0.15, 0.2) is 0 Å². The smallest absolute Gasteiger partial charge is 0.416 e. The molecule has 1 saturated carbocycles. The second-order valence-corrected chi connectivity index (χ2v) is 5.56. The minimum Gasteiger partial charge on any atom is -0.481 e. The number of hydrogen-bond acceptors (Lipinski definition) is 2. The number of carbonyl (C=O) groups is 2. The zero-order chi connectivity index (χ0) is 16.5. The Morgan fingerprint density at radius 3 is 2.50 bits per heavy atom. The van der Waals surface area contributed by atoms with Gasteiger partial charge < -0.3 is 10.4 Å². The molecular formula is C15H16F3NO3. The van der Waals surface area contributed by atoms with Crippen LogP contribution in [0.2, 0.25) is 0 Å². The second-order valence-electron chi connectivity index (χ2n) is 5.56. The summed E-state index contributed by atoms with van der Waals surface area (Å²) < 4.78 is 38.7. The maximum Gasteiger partial charge on any atom is 0.416 e. The number of carboxylic acids is 1. The van der Waals surface area contributed by atoms with Gasteiger partial charge in [-0.25, -0.2) is 0 Å². The van der Waals surface area contributed by atoms with Gasteiger partial charge in [-0.15, -0.1) is 0 Å². The Balaban J connectivity index is 1.97. The lowest BCUT2D eigenvalue weighted by Crippen LogP contribution is -2.36. The van der Waals surface area contributed by atoms with Gasteiger partial charge >= 0.3 is 12.1 Å². The Morgan fingerprint density at radius 1 is 1.32 bits per heavy atom. The van der Waals surface area contributed by atoms with Crippen molar-refractivity contribution in [2.24, 2.45) is 11.8 Å². The molecule has 2 rings (SSSR count). The number of halogens is 3. The van der Waals surface area contributed by atoms with Gasteiger partial charge in [0, 0.05) is 6.04 Å². The van der Waals surface area contributed by atoms with E-state index in [0.29, 0.717) is 0 Å². The van der Waals surface area contributed by atoms with Crippen LogP contribution in [0.3, 0.4) is 0 Å². The number of benzene rings is 1. The van der Waals surface area contributed by atoms with Crippen LogP contribution in [0.5, 0.6) is 0 Å². The Bertz CT molecular complexity index is 586. The van der Waals surface area contributed by atoms with E-state index in [0.717, 1.165) is 6.07 Å². The van der Waals surface area contributed by atoms with Crippen molar-refractivity contribution >= 4 is 11.9 Å². The predicted molar refractivity (Wildman–Crippen MR) is 72.0 cm³/mol. The third kappa shape index (κ3) is 3.78. The molecule has 0 saturated heterocycles. The van der Waals surface area contributed by atoms with E-state index >= 15 is 0 Å². The molecule has 1 fully saturated rings. The van der Waals surface area contributed by atoms with E-state index < -0.39 is 41.5 Å². The van der Waals surface area contributed by atoms with Gasteiger partial charge in [-0.2, -0.15) is 13.2 Å². The summed E-state index contributed by atoms with van der Waals surface area (Å²) in [5.41, 5.74) is -0.612. The fraction of sp³-hybridized carbons (Fsp3) is 0.467. The summed E-state index contributed by atoms with van der Waals surface area (Å²) in [5, 5.41) is 11.3. The molecule has 0 aliphatic heterocycles. The number of aliphatic carboxylic acids is 1. The second kappa shape index (κ2) is 5.98. The average molecular weight is 315 g/mol. The summed E-state index contributed by atoms with van der Waals surface area (Å²) in [5.74, 6) is -2.67. The van der Waals surface area contributed by atoms with Gasteiger partial charge in [-0.3, -0.25) is 9.59 Å². The topological polar surface area (TPSA) is 66.4 Å².